The summed E-state index contributed by atoms with van der Waals surface area (Å²) < 4.78 is 11.9. The second-order valence-electron chi connectivity index (χ2n) is 10.1. The number of ether oxygens (including phenoxy) is 2. The van der Waals surface area contributed by atoms with Gasteiger partial charge in [0.15, 0.2) is 16.7 Å². The number of hydrogen-bond donors (Lipinski definition) is 1. The van der Waals surface area contributed by atoms with Crippen molar-refractivity contribution in [3.8, 4) is 11.5 Å². The van der Waals surface area contributed by atoms with E-state index in [2.05, 4.69) is 6.58 Å². The van der Waals surface area contributed by atoms with Crippen LogP contribution in [-0.4, -0.2) is 34.2 Å². The van der Waals surface area contributed by atoms with Gasteiger partial charge in [0.2, 0.25) is 0 Å². The van der Waals surface area contributed by atoms with Crippen LogP contribution in [-0.2, 0) is 30.9 Å². The minimum atomic E-state index is -0.978. The van der Waals surface area contributed by atoms with Crippen LogP contribution in [0, 0.1) is 0 Å². The van der Waals surface area contributed by atoms with E-state index in [0.717, 1.165) is 27.8 Å². The number of aromatic carboxylic acids is 1. The smallest absolute Gasteiger partial charge is 0.335 e. The molecule has 222 valence electrons. The predicted octanol–water partition coefficient (Wildman–Crippen LogP) is 7.37. The van der Waals surface area contributed by atoms with Crippen molar-refractivity contribution < 1.29 is 24.2 Å². The first-order valence-electron chi connectivity index (χ1n) is 14.1. The van der Waals surface area contributed by atoms with E-state index in [1.807, 2.05) is 78.9 Å². The first kappa shape index (κ1) is 30.4. The third-order valence-electron chi connectivity index (χ3n) is 6.93. The molecule has 7 nitrogen and oxygen atoms in total. The Balaban J connectivity index is 1.43. The van der Waals surface area contributed by atoms with Crippen LogP contribution in [0.4, 0.5) is 0 Å². The van der Waals surface area contributed by atoms with Crippen molar-refractivity contribution in [2.45, 2.75) is 26.1 Å². The molecule has 1 N–H and O–H groups in total. The molecule has 0 unspecified atom stereocenters. The number of methoxy groups -OCH3 is 1. The summed E-state index contributed by atoms with van der Waals surface area (Å²) in [7, 11) is 1.57. The molecule has 1 fully saturated rings. The van der Waals surface area contributed by atoms with Crippen molar-refractivity contribution in [1.29, 1.82) is 0 Å². The summed E-state index contributed by atoms with van der Waals surface area (Å²) >= 11 is 1.36. The van der Waals surface area contributed by atoms with Gasteiger partial charge in [-0.05, 0) is 70.8 Å². The van der Waals surface area contributed by atoms with Crippen molar-refractivity contribution in [2.75, 3.05) is 7.11 Å². The van der Waals surface area contributed by atoms with Crippen molar-refractivity contribution in [3.63, 3.8) is 0 Å². The summed E-state index contributed by atoms with van der Waals surface area (Å²) in [6.45, 7) is 5.02. The van der Waals surface area contributed by atoms with Gasteiger partial charge >= 0.3 is 5.97 Å². The molecule has 0 aliphatic carbocycles. The molecule has 1 saturated heterocycles. The van der Waals surface area contributed by atoms with Crippen LogP contribution in [0.25, 0.3) is 6.08 Å². The Bertz CT molecular complexity index is 1700. The summed E-state index contributed by atoms with van der Waals surface area (Å²) in [6.07, 6.45) is 4.16. The number of amidine groups is 1. The number of allylic oxidation sites excluding steroid dienone is 1. The van der Waals surface area contributed by atoms with Gasteiger partial charge in [-0.25, -0.2) is 4.79 Å². The van der Waals surface area contributed by atoms with Gasteiger partial charge < -0.3 is 14.6 Å². The molecule has 0 atom stereocenters. The quantitative estimate of drug-likeness (QED) is 0.134. The maximum Gasteiger partial charge on any atom is 0.335 e. The lowest BCUT2D eigenvalue weighted by Gasteiger charge is -2.16. The average molecular weight is 605 g/mol. The fourth-order valence-electron chi connectivity index (χ4n) is 4.71. The monoisotopic (exact) mass is 604 g/mol. The molecule has 0 bridgehead atoms. The van der Waals surface area contributed by atoms with Crippen LogP contribution in [0.5, 0.6) is 11.5 Å². The molecule has 0 radical (unpaired) electrons. The van der Waals surface area contributed by atoms with Gasteiger partial charge in [0, 0.05) is 5.56 Å². The molecule has 5 rings (SSSR count). The number of hydrogen-bond acceptors (Lipinski definition) is 6. The van der Waals surface area contributed by atoms with Crippen molar-refractivity contribution in [1.82, 2.24) is 4.90 Å². The average Bonchev–Trinajstić information content (AvgIpc) is 3.33. The molecule has 0 aromatic heterocycles. The number of nitrogens with zero attached hydrogens (tertiary/aromatic N) is 2. The molecule has 0 spiro atoms. The Morgan fingerprint density at radius 3 is 2.27 bits per heavy atom. The second-order valence-corrected chi connectivity index (χ2v) is 11.1. The first-order chi connectivity index (χ1) is 21.4. The van der Waals surface area contributed by atoms with E-state index in [4.69, 9.17) is 19.6 Å². The molecule has 8 heteroatoms. The lowest BCUT2D eigenvalue weighted by molar-refractivity contribution is -0.122. The van der Waals surface area contributed by atoms with Gasteiger partial charge in [0.1, 0.15) is 6.61 Å². The van der Waals surface area contributed by atoms with Gasteiger partial charge in [0.25, 0.3) is 5.91 Å². The lowest BCUT2D eigenvalue weighted by Crippen LogP contribution is -2.28. The Morgan fingerprint density at radius 2 is 1.64 bits per heavy atom. The fraction of sp³-hybridized carbons (Fsp3) is 0.139. The van der Waals surface area contributed by atoms with E-state index in [-0.39, 0.29) is 18.1 Å². The Morgan fingerprint density at radius 1 is 0.955 bits per heavy atom. The highest BCUT2D eigenvalue weighted by atomic mass is 32.2. The maximum absolute atomic E-state index is 13.7. The minimum absolute atomic E-state index is 0.111. The topological polar surface area (TPSA) is 88.4 Å². The third kappa shape index (κ3) is 7.46. The van der Waals surface area contributed by atoms with E-state index in [9.17, 15) is 9.59 Å². The fourth-order valence-corrected chi connectivity index (χ4v) is 5.69. The molecule has 0 saturated carbocycles. The summed E-state index contributed by atoms with van der Waals surface area (Å²) in [5.74, 6) is -0.000163. The Kier molecular flexibility index (Phi) is 9.94. The molecule has 44 heavy (non-hydrogen) atoms. The molecular formula is C36H32N2O5S. The van der Waals surface area contributed by atoms with E-state index >= 15 is 0 Å². The highest BCUT2D eigenvalue weighted by Crippen LogP contribution is 2.38. The second kappa shape index (κ2) is 14.4. The van der Waals surface area contributed by atoms with Crippen LogP contribution in [0.3, 0.4) is 0 Å². The molecular weight excluding hydrogens is 572 g/mol. The number of benzene rings is 4. The van der Waals surface area contributed by atoms with E-state index in [1.165, 1.54) is 11.8 Å². The van der Waals surface area contributed by atoms with Crippen molar-refractivity contribution >= 4 is 34.9 Å². The summed E-state index contributed by atoms with van der Waals surface area (Å²) in [6, 6.07) is 30.2. The molecule has 4 aromatic carbocycles. The standard InChI is InChI=1S/C36H32N2O5S/c1-3-10-30-19-28(20-31(42-2)33(30)43-24-27-15-17-29(18-16-27)35(40)41)21-32-34(39)38(23-26-13-8-5-9-14-26)36(44-32)37-22-25-11-6-4-7-12-25/h3-9,11-21H,1,10,22-24H2,2H3,(H,40,41)/b32-21+,37-36?. The van der Waals surface area contributed by atoms with Crippen LogP contribution >= 0.6 is 11.8 Å². The number of amides is 1. The number of thioether (sulfide) groups is 1. The molecule has 1 amide bonds. The third-order valence-corrected chi connectivity index (χ3v) is 7.98. The van der Waals surface area contributed by atoms with Gasteiger partial charge in [0.05, 0.1) is 30.7 Å². The number of carboxylic acids is 1. The van der Waals surface area contributed by atoms with Crippen LogP contribution in [0.15, 0.2) is 120 Å². The molecule has 1 aliphatic heterocycles. The van der Waals surface area contributed by atoms with Gasteiger partial charge in [-0.1, -0.05) is 78.9 Å². The van der Waals surface area contributed by atoms with Crippen molar-refractivity contribution in [3.05, 3.63) is 148 Å². The van der Waals surface area contributed by atoms with Gasteiger partial charge in [-0.15, -0.1) is 6.58 Å². The summed E-state index contributed by atoms with van der Waals surface area (Å²) in [4.78, 5) is 32.0. The predicted molar refractivity (Wildman–Crippen MR) is 175 cm³/mol. The first-order valence-corrected chi connectivity index (χ1v) is 14.9. The lowest BCUT2D eigenvalue weighted by atomic mass is 10.0. The van der Waals surface area contributed by atoms with E-state index in [1.54, 1.807) is 42.4 Å². The Hall–Kier alpha value is -5.08. The number of carbonyl (C=O) groups excluding carboxylic acids is 1. The zero-order valence-electron chi connectivity index (χ0n) is 24.3. The van der Waals surface area contributed by atoms with Gasteiger partial charge in [-0.3, -0.25) is 14.7 Å². The highest BCUT2D eigenvalue weighted by molar-refractivity contribution is 8.18. The number of carboxylic acid groups (broad SMARTS) is 1. The zero-order valence-corrected chi connectivity index (χ0v) is 25.1. The number of carbonyl (C=O) groups is 2. The SMILES string of the molecule is C=CCc1cc(/C=C2/SC(=NCc3ccccc3)N(Cc3ccccc3)C2=O)cc(OC)c1OCc1ccc(C(=O)O)cc1. The largest absolute Gasteiger partial charge is 0.493 e. The van der Waals surface area contributed by atoms with Crippen LogP contribution in [0.1, 0.15) is 38.2 Å². The zero-order chi connectivity index (χ0) is 30.9. The normalized spacial score (nSPS) is 14.7. The van der Waals surface area contributed by atoms with E-state index in [0.29, 0.717) is 41.1 Å². The molecule has 4 aromatic rings. The minimum Gasteiger partial charge on any atom is -0.493 e. The number of rotatable bonds is 12. The van der Waals surface area contributed by atoms with Crippen LogP contribution in [0.2, 0.25) is 0 Å². The highest BCUT2D eigenvalue weighted by Gasteiger charge is 2.33. The van der Waals surface area contributed by atoms with Crippen LogP contribution < -0.4 is 9.47 Å². The number of aliphatic imine (C=N–C) groups is 1. The molecule has 1 aliphatic rings. The summed E-state index contributed by atoms with van der Waals surface area (Å²) in [5.41, 5.74) is 4.76. The Labute approximate surface area is 261 Å². The summed E-state index contributed by atoms with van der Waals surface area (Å²) in [5, 5.41) is 9.82. The molecule has 1 heterocycles. The van der Waals surface area contributed by atoms with Gasteiger partial charge in [-0.2, -0.15) is 0 Å². The maximum atomic E-state index is 13.7. The van der Waals surface area contributed by atoms with E-state index < -0.39 is 5.97 Å². The van der Waals surface area contributed by atoms with Crippen molar-refractivity contribution in [2.24, 2.45) is 4.99 Å².